The Morgan fingerprint density at radius 2 is 2.08 bits per heavy atom. The number of nitrogens with one attached hydrogen (secondary N) is 2. The Morgan fingerprint density at radius 3 is 2.64 bits per heavy atom. The normalized spacial score (nSPS) is 21.8. The van der Waals surface area contributed by atoms with Gasteiger partial charge in [-0.05, 0) is 11.6 Å². The van der Waals surface area contributed by atoms with Crippen LogP contribution >= 0.6 is 24.8 Å². The van der Waals surface area contributed by atoms with Crippen LogP contribution in [0.4, 0.5) is 14.6 Å². The second-order valence-corrected chi connectivity index (χ2v) is 5.84. The van der Waals surface area contributed by atoms with E-state index in [1.165, 1.54) is 0 Å². The van der Waals surface area contributed by atoms with Crippen molar-refractivity contribution in [1.82, 2.24) is 15.6 Å². The Labute approximate surface area is 157 Å². The fraction of sp³-hybridized carbons (Fsp3) is 0.600. The van der Waals surface area contributed by atoms with Crippen LogP contribution in [-0.2, 0) is 16.1 Å². The molecule has 3 heterocycles. The summed E-state index contributed by atoms with van der Waals surface area (Å²) >= 11 is 0. The van der Waals surface area contributed by atoms with Gasteiger partial charge in [0.2, 0.25) is 5.91 Å². The first kappa shape index (κ1) is 21.8. The molecule has 0 bridgehead atoms. The van der Waals surface area contributed by atoms with Gasteiger partial charge in [-0.2, -0.15) is 0 Å². The smallest absolute Gasteiger partial charge is 0.262 e. The van der Waals surface area contributed by atoms with Crippen LogP contribution in [0.25, 0.3) is 0 Å². The molecule has 1 unspecified atom stereocenters. The number of rotatable bonds is 4. The third-order valence-electron chi connectivity index (χ3n) is 4.04. The zero-order valence-corrected chi connectivity index (χ0v) is 15.2. The summed E-state index contributed by atoms with van der Waals surface area (Å²) in [7, 11) is 0. The quantitative estimate of drug-likeness (QED) is 0.801. The molecule has 142 valence electrons. The zero-order chi connectivity index (χ0) is 16.3. The van der Waals surface area contributed by atoms with Crippen molar-refractivity contribution in [3.8, 4) is 0 Å². The molecule has 6 nitrogen and oxygen atoms in total. The highest BCUT2D eigenvalue weighted by molar-refractivity contribution is 5.85. The Hall–Kier alpha value is -1.22. The van der Waals surface area contributed by atoms with Crippen LogP contribution in [0.5, 0.6) is 0 Å². The minimum absolute atomic E-state index is 0. The molecule has 0 aromatic carbocycles. The van der Waals surface area contributed by atoms with Crippen LogP contribution in [-0.4, -0.2) is 55.7 Å². The van der Waals surface area contributed by atoms with E-state index in [0.717, 1.165) is 24.5 Å². The van der Waals surface area contributed by atoms with Crippen molar-refractivity contribution in [2.45, 2.75) is 24.9 Å². The second kappa shape index (κ2) is 9.47. The zero-order valence-electron chi connectivity index (χ0n) is 13.5. The van der Waals surface area contributed by atoms with Crippen molar-refractivity contribution in [2.24, 2.45) is 0 Å². The predicted octanol–water partition coefficient (Wildman–Crippen LogP) is 1.38. The van der Waals surface area contributed by atoms with E-state index in [2.05, 4.69) is 20.5 Å². The number of hydrogen-bond acceptors (Lipinski definition) is 5. The van der Waals surface area contributed by atoms with Crippen molar-refractivity contribution in [3.63, 3.8) is 0 Å². The maximum Gasteiger partial charge on any atom is 0.262 e. The molecule has 1 atom stereocenters. The van der Waals surface area contributed by atoms with Gasteiger partial charge in [-0.3, -0.25) is 10.1 Å². The molecule has 0 spiro atoms. The number of halogens is 4. The van der Waals surface area contributed by atoms with Crippen LogP contribution in [0.15, 0.2) is 18.3 Å². The molecule has 3 rings (SSSR count). The molecule has 2 fully saturated rings. The molecule has 2 aliphatic heterocycles. The number of pyridine rings is 1. The number of amides is 1. The molecule has 2 N–H and O–H groups in total. The molecule has 10 heteroatoms. The number of nitrogens with zero attached hydrogens (tertiary/aromatic N) is 2. The Morgan fingerprint density at radius 1 is 1.36 bits per heavy atom. The van der Waals surface area contributed by atoms with Crippen molar-refractivity contribution >= 4 is 36.5 Å². The summed E-state index contributed by atoms with van der Waals surface area (Å²) in [6, 6.07) is 2.95. The monoisotopic (exact) mass is 398 g/mol. The highest BCUT2D eigenvalue weighted by atomic mass is 35.5. The van der Waals surface area contributed by atoms with Crippen LogP contribution in [0.2, 0.25) is 0 Å². The first-order valence-electron chi connectivity index (χ1n) is 7.70. The number of anilines is 1. The van der Waals surface area contributed by atoms with E-state index >= 15 is 0 Å². The first-order chi connectivity index (χ1) is 11.0. The van der Waals surface area contributed by atoms with Crippen molar-refractivity contribution in [3.05, 3.63) is 23.9 Å². The molecule has 0 aliphatic carbocycles. The molecule has 0 saturated carbocycles. The molecular formula is C15H22Cl2F2N4O2. The summed E-state index contributed by atoms with van der Waals surface area (Å²) in [6.07, 6.45) is 1.24. The van der Waals surface area contributed by atoms with Crippen LogP contribution < -0.4 is 15.5 Å². The van der Waals surface area contributed by atoms with Gasteiger partial charge in [0.25, 0.3) is 5.92 Å². The van der Waals surface area contributed by atoms with Gasteiger partial charge < -0.3 is 15.0 Å². The summed E-state index contributed by atoms with van der Waals surface area (Å²) in [5.41, 5.74) is 0.833. The number of carbonyl (C=O) groups excluding carboxylic acids is 1. The number of alkyl halides is 2. The molecule has 2 aliphatic rings. The van der Waals surface area contributed by atoms with E-state index in [1.54, 1.807) is 6.20 Å². The molecule has 1 aromatic rings. The summed E-state index contributed by atoms with van der Waals surface area (Å²) in [4.78, 5) is 18.4. The lowest BCUT2D eigenvalue weighted by Gasteiger charge is -2.27. The van der Waals surface area contributed by atoms with E-state index in [1.807, 2.05) is 12.1 Å². The number of carbonyl (C=O) groups is 1. The Kier molecular flexibility index (Phi) is 8.27. The summed E-state index contributed by atoms with van der Waals surface area (Å²) in [5, 5.41) is 5.21. The van der Waals surface area contributed by atoms with E-state index in [0.29, 0.717) is 13.2 Å². The standard InChI is InChI=1S/C15H20F2N4O2.2ClH/c16-15(17)7-12(20-10-15)14(22)19-9-11-1-2-13(18-8-11)21-3-5-23-6-4-21;;/h1-2,8,12,20H,3-7,9-10H2,(H,19,22);2*1H. The number of morpholine rings is 1. The minimum Gasteiger partial charge on any atom is -0.378 e. The third-order valence-corrected chi connectivity index (χ3v) is 4.04. The van der Waals surface area contributed by atoms with Gasteiger partial charge in [0.1, 0.15) is 5.82 Å². The van der Waals surface area contributed by atoms with Gasteiger partial charge in [0.05, 0.1) is 25.8 Å². The number of hydrogen-bond donors (Lipinski definition) is 2. The third kappa shape index (κ3) is 5.91. The van der Waals surface area contributed by atoms with Crippen molar-refractivity contribution in [2.75, 3.05) is 37.7 Å². The highest BCUT2D eigenvalue weighted by Crippen LogP contribution is 2.25. The highest BCUT2D eigenvalue weighted by Gasteiger charge is 2.42. The molecule has 0 radical (unpaired) electrons. The van der Waals surface area contributed by atoms with Gasteiger partial charge in [0.15, 0.2) is 0 Å². The summed E-state index contributed by atoms with van der Waals surface area (Å²) in [6.45, 7) is 2.84. The largest absolute Gasteiger partial charge is 0.378 e. The van der Waals surface area contributed by atoms with E-state index in [9.17, 15) is 13.6 Å². The average Bonchev–Trinajstić information content (AvgIpc) is 2.94. The minimum atomic E-state index is -2.80. The van der Waals surface area contributed by atoms with Crippen LogP contribution in [0.1, 0.15) is 12.0 Å². The lowest BCUT2D eigenvalue weighted by Crippen LogP contribution is -2.40. The van der Waals surface area contributed by atoms with Gasteiger partial charge >= 0.3 is 0 Å². The van der Waals surface area contributed by atoms with Crippen molar-refractivity contribution in [1.29, 1.82) is 0 Å². The van der Waals surface area contributed by atoms with Crippen LogP contribution in [0.3, 0.4) is 0 Å². The number of aromatic nitrogens is 1. The van der Waals surface area contributed by atoms with E-state index < -0.39 is 30.8 Å². The lowest BCUT2D eigenvalue weighted by atomic mass is 10.2. The molecule has 1 amide bonds. The Bertz CT molecular complexity index is 557. The van der Waals surface area contributed by atoms with Gasteiger partial charge in [-0.1, -0.05) is 6.07 Å². The first-order valence-corrected chi connectivity index (χ1v) is 7.70. The maximum atomic E-state index is 13.1. The fourth-order valence-electron chi connectivity index (χ4n) is 2.71. The van der Waals surface area contributed by atoms with Gasteiger partial charge in [0, 0.05) is 32.3 Å². The fourth-order valence-corrected chi connectivity index (χ4v) is 2.71. The molecule has 2 saturated heterocycles. The molecular weight excluding hydrogens is 377 g/mol. The summed E-state index contributed by atoms with van der Waals surface area (Å²) < 4.78 is 31.4. The topological polar surface area (TPSA) is 66.5 Å². The average molecular weight is 399 g/mol. The SMILES string of the molecule is Cl.Cl.O=C(NCc1ccc(N2CCOCC2)nc1)C1CC(F)(F)CN1. The van der Waals surface area contributed by atoms with Gasteiger partial charge in [-0.25, -0.2) is 13.8 Å². The summed E-state index contributed by atoms with van der Waals surface area (Å²) in [5.74, 6) is -2.33. The van der Waals surface area contributed by atoms with E-state index in [4.69, 9.17) is 4.74 Å². The van der Waals surface area contributed by atoms with Crippen LogP contribution in [0, 0.1) is 0 Å². The predicted molar refractivity (Wildman–Crippen MR) is 95.0 cm³/mol. The maximum absolute atomic E-state index is 13.1. The molecule has 1 aromatic heterocycles. The Balaban J connectivity index is 0.00000156. The second-order valence-electron chi connectivity index (χ2n) is 5.84. The number of ether oxygens (including phenoxy) is 1. The van der Waals surface area contributed by atoms with Crippen molar-refractivity contribution < 1.29 is 18.3 Å². The van der Waals surface area contributed by atoms with E-state index in [-0.39, 0.29) is 31.4 Å². The van der Waals surface area contributed by atoms with Gasteiger partial charge in [-0.15, -0.1) is 24.8 Å². The molecule has 25 heavy (non-hydrogen) atoms. The lowest BCUT2D eigenvalue weighted by molar-refractivity contribution is -0.123.